The lowest BCUT2D eigenvalue weighted by atomic mass is 10.1. The fourth-order valence-electron chi connectivity index (χ4n) is 1.35. The Morgan fingerprint density at radius 2 is 2.13 bits per heavy atom. The molecule has 2 aromatic rings. The SMILES string of the molecule is Cc1c(-c2ccsc2Cl)n[nH]c(=S)c1C. The summed E-state index contributed by atoms with van der Waals surface area (Å²) in [7, 11) is 0. The van der Waals surface area contributed by atoms with Crippen LogP contribution >= 0.6 is 35.2 Å². The van der Waals surface area contributed by atoms with Gasteiger partial charge in [-0.3, -0.25) is 5.10 Å². The molecule has 0 aliphatic rings. The number of H-pyrrole nitrogens is 1. The van der Waals surface area contributed by atoms with E-state index in [1.54, 1.807) is 0 Å². The lowest BCUT2D eigenvalue weighted by molar-refractivity contribution is 0.988. The first-order valence-electron chi connectivity index (χ1n) is 4.40. The molecule has 0 atom stereocenters. The largest absolute Gasteiger partial charge is 0.267 e. The number of nitrogens with one attached hydrogen (secondary N) is 1. The standard InChI is InChI=1S/C10H9ClN2S2/c1-5-6(2)10(14)13-12-8(5)7-3-4-15-9(7)11/h3-4H,1-2H3,(H,13,14). The van der Waals surface area contributed by atoms with Crippen LogP contribution in [0.1, 0.15) is 11.1 Å². The van der Waals surface area contributed by atoms with E-state index in [4.69, 9.17) is 23.8 Å². The van der Waals surface area contributed by atoms with Crippen molar-refractivity contribution in [1.82, 2.24) is 10.2 Å². The molecule has 0 bridgehead atoms. The zero-order valence-electron chi connectivity index (χ0n) is 8.30. The zero-order chi connectivity index (χ0) is 11.0. The van der Waals surface area contributed by atoms with E-state index < -0.39 is 0 Å². The van der Waals surface area contributed by atoms with Crippen molar-refractivity contribution in [2.75, 3.05) is 0 Å². The molecule has 0 amide bonds. The number of aromatic amines is 1. The van der Waals surface area contributed by atoms with Crippen molar-refractivity contribution in [1.29, 1.82) is 0 Å². The molecule has 1 N–H and O–H groups in total. The summed E-state index contributed by atoms with van der Waals surface area (Å²) < 4.78 is 1.44. The molecule has 0 radical (unpaired) electrons. The van der Waals surface area contributed by atoms with Crippen LogP contribution in [0.4, 0.5) is 0 Å². The molecule has 0 saturated carbocycles. The summed E-state index contributed by atoms with van der Waals surface area (Å²) in [4.78, 5) is 0. The van der Waals surface area contributed by atoms with Crippen LogP contribution < -0.4 is 0 Å². The average Bonchev–Trinajstić information content (AvgIpc) is 2.62. The van der Waals surface area contributed by atoms with Gasteiger partial charge in [-0.25, -0.2) is 0 Å². The summed E-state index contributed by atoms with van der Waals surface area (Å²) in [5, 5.41) is 9.02. The van der Waals surface area contributed by atoms with Crippen LogP contribution in [0.15, 0.2) is 11.4 Å². The van der Waals surface area contributed by atoms with Gasteiger partial charge in [-0.15, -0.1) is 11.3 Å². The molecule has 2 heterocycles. The summed E-state index contributed by atoms with van der Waals surface area (Å²) in [5.74, 6) is 0. The number of thiophene rings is 1. The van der Waals surface area contributed by atoms with Gasteiger partial charge in [0.25, 0.3) is 0 Å². The second-order valence-corrected chi connectivity index (χ2v) is 5.19. The first-order valence-corrected chi connectivity index (χ1v) is 6.07. The van der Waals surface area contributed by atoms with Gasteiger partial charge in [0.2, 0.25) is 0 Å². The van der Waals surface area contributed by atoms with Gasteiger partial charge < -0.3 is 0 Å². The Morgan fingerprint density at radius 1 is 1.40 bits per heavy atom. The minimum Gasteiger partial charge on any atom is -0.267 e. The van der Waals surface area contributed by atoms with E-state index in [0.717, 1.165) is 26.7 Å². The van der Waals surface area contributed by atoms with Gasteiger partial charge in [0.05, 0.1) is 5.69 Å². The number of hydrogen-bond acceptors (Lipinski definition) is 3. The van der Waals surface area contributed by atoms with Gasteiger partial charge in [-0.2, -0.15) is 5.10 Å². The number of hydrogen-bond donors (Lipinski definition) is 1. The molecule has 0 aliphatic heterocycles. The number of nitrogens with zero attached hydrogens (tertiary/aromatic N) is 1. The Balaban J connectivity index is 2.70. The molecule has 2 aromatic heterocycles. The molecule has 15 heavy (non-hydrogen) atoms. The maximum absolute atomic E-state index is 6.08. The van der Waals surface area contributed by atoms with Crippen LogP contribution in [0.3, 0.4) is 0 Å². The predicted octanol–water partition coefficient (Wildman–Crippen LogP) is 4.14. The van der Waals surface area contributed by atoms with Gasteiger partial charge in [0.15, 0.2) is 0 Å². The molecule has 0 fully saturated rings. The van der Waals surface area contributed by atoms with Gasteiger partial charge in [0, 0.05) is 5.56 Å². The first-order chi connectivity index (χ1) is 7.11. The Kier molecular flexibility index (Phi) is 2.91. The van der Waals surface area contributed by atoms with E-state index in [1.807, 2.05) is 25.3 Å². The van der Waals surface area contributed by atoms with Gasteiger partial charge >= 0.3 is 0 Å². The number of rotatable bonds is 1. The molecule has 0 saturated heterocycles. The second-order valence-electron chi connectivity index (χ2n) is 3.26. The molecule has 2 nitrogen and oxygen atoms in total. The minimum absolute atomic E-state index is 0.683. The van der Waals surface area contributed by atoms with Gasteiger partial charge in [-0.1, -0.05) is 23.8 Å². The lowest BCUT2D eigenvalue weighted by Crippen LogP contribution is -1.95. The van der Waals surface area contributed by atoms with Crippen molar-refractivity contribution in [3.05, 3.63) is 31.6 Å². The number of halogens is 1. The van der Waals surface area contributed by atoms with Crippen LogP contribution in [0.25, 0.3) is 11.3 Å². The van der Waals surface area contributed by atoms with Crippen LogP contribution in [0, 0.1) is 18.5 Å². The molecular formula is C10H9ClN2S2. The fraction of sp³-hybridized carbons (Fsp3) is 0.200. The third-order valence-corrected chi connectivity index (χ3v) is 3.97. The van der Waals surface area contributed by atoms with E-state index in [0.29, 0.717) is 4.64 Å². The summed E-state index contributed by atoms with van der Waals surface area (Å²) in [6, 6.07) is 1.97. The quantitative estimate of drug-likeness (QED) is 0.777. The third kappa shape index (κ3) is 1.85. The van der Waals surface area contributed by atoms with Crippen LogP contribution in [0.5, 0.6) is 0 Å². The highest BCUT2D eigenvalue weighted by atomic mass is 35.5. The fourth-order valence-corrected chi connectivity index (χ4v) is 2.47. The topological polar surface area (TPSA) is 28.7 Å². The van der Waals surface area contributed by atoms with E-state index in [9.17, 15) is 0 Å². The van der Waals surface area contributed by atoms with E-state index in [1.165, 1.54) is 11.3 Å². The van der Waals surface area contributed by atoms with E-state index in [2.05, 4.69) is 10.2 Å². The Labute approximate surface area is 102 Å². The number of aromatic nitrogens is 2. The summed E-state index contributed by atoms with van der Waals surface area (Å²) in [6.45, 7) is 3.99. The highest BCUT2D eigenvalue weighted by molar-refractivity contribution is 7.71. The molecule has 78 valence electrons. The summed E-state index contributed by atoms with van der Waals surface area (Å²) in [6.07, 6.45) is 0. The van der Waals surface area contributed by atoms with Gasteiger partial charge in [-0.05, 0) is 36.4 Å². The Hall–Kier alpha value is -0.710. The maximum atomic E-state index is 6.08. The lowest BCUT2D eigenvalue weighted by Gasteiger charge is -2.06. The maximum Gasteiger partial charge on any atom is 0.122 e. The summed E-state index contributed by atoms with van der Waals surface area (Å²) >= 11 is 12.7. The average molecular weight is 257 g/mol. The normalized spacial score (nSPS) is 10.6. The molecule has 2 rings (SSSR count). The molecule has 0 aromatic carbocycles. The minimum atomic E-state index is 0.683. The van der Waals surface area contributed by atoms with Crippen molar-refractivity contribution >= 4 is 35.2 Å². The highest BCUT2D eigenvalue weighted by Crippen LogP contribution is 2.33. The van der Waals surface area contributed by atoms with Crippen molar-refractivity contribution in [3.8, 4) is 11.3 Å². The molecule has 0 unspecified atom stereocenters. The van der Waals surface area contributed by atoms with Gasteiger partial charge in [0.1, 0.15) is 8.98 Å². The van der Waals surface area contributed by atoms with E-state index >= 15 is 0 Å². The van der Waals surface area contributed by atoms with Crippen molar-refractivity contribution in [2.45, 2.75) is 13.8 Å². The van der Waals surface area contributed by atoms with E-state index in [-0.39, 0.29) is 0 Å². The van der Waals surface area contributed by atoms with Crippen molar-refractivity contribution in [3.63, 3.8) is 0 Å². The highest BCUT2D eigenvalue weighted by Gasteiger charge is 2.11. The predicted molar refractivity (Wildman–Crippen MR) is 67.2 cm³/mol. The Bertz CT molecular complexity index is 557. The first kappa shape index (κ1) is 10.8. The second kappa shape index (κ2) is 4.04. The molecule has 0 aliphatic carbocycles. The molecule has 0 spiro atoms. The van der Waals surface area contributed by atoms with Crippen LogP contribution in [0.2, 0.25) is 4.34 Å². The van der Waals surface area contributed by atoms with Crippen molar-refractivity contribution < 1.29 is 0 Å². The summed E-state index contributed by atoms with van der Waals surface area (Å²) in [5.41, 5.74) is 3.98. The third-order valence-electron chi connectivity index (χ3n) is 2.40. The Morgan fingerprint density at radius 3 is 2.73 bits per heavy atom. The smallest absolute Gasteiger partial charge is 0.122 e. The molecular weight excluding hydrogens is 248 g/mol. The van der Waals surface area contributed by atoms with Crippen molar-refractivity contribution in [2.24, 2.45) is 0 Å². The van der Waals surface area contributed by atoms with Crippen LogP contribution in [-0.2, 0) is 0 Å². The van der Waals surface area contributed by atoms with Crippen LogP contribution in [-0.4, -0.2) is 10.2 Å². The molecule has 5 heteroatoms. The monoisotopic (exact) mass is 256 g/mol. The zero-order valence-corrected chi connectivity index (χ0v) is 10.7.